The monoisotopic (exact) mass is 184 g/mol. The molecule has 4 nitrogen and oxygen atoms in total. The molecule has 0 atom stereocenters. The Hall–Kier alpha value is -1.97. The van der Waals surface area contributed by atoms with Crippen molar-refractivity contribution in [3.63, 3.8) is 0 Å². The van der Waals surface area contributed by atoms with Crippen molar-refractivity contribution in [1.29, 1.82) is 0 Å². The predicted octanol–water partition coefficient (Wildman–Crippen LogP) is 1.52. The lowest BCUT2D eigenvalue weighted by atomic mass is 10.3. The van der Waals surface area contributed by atoms with Gasteiger partial charge in [0.25, 0.3) is 0 Å². The van der Waals surface area contributed by atoms with Crippen molar-refractivity contribution in [2.45, 2.75) is 0 Å². The Morgan fingerprint density at radius 2 is 2.00 bits per heavy atom. The van der Waals surface area contributed by atoms with Crippen LogP contribution in [0.2, 0.25) is 0 Å². The molecule has 0 unspecified atom stereocenters. The molecule has 3 aromatic heterocycles. The fourth-order valence-corrected chi connectivity index (χ4v) is 1.76. The summed E-state index contributed by atoms with van der Waals surface area (Å²) in [5.41, 5.74) is 1.87. The van der Waals surface area contributed by atoms with Crippen LogP contribution >= 0.6 is 0 Å². The average Bonchev–Trinajstić information content (AvgIpc) is 2.55. The molecule has 0 aliphatic heterocycles. The highest BCUT2D eigenvalue weighted by Crippen LogP contribution is 2.23. The fraction of sp³-hybridized carbons (Fsp3) is 0.100. The number of rotatable bonds is 0. The minimum atomic E-state index is 0.925. The topological polar surface area (TPSA) is 43.6 Å². The van der Waals surface area contributed by atoms with Crippen LogP contribution < -0.4 is 0 Å². The SMILES string of the molecule is Cn1c2ncccc2c2cncnc21. The molecule has 68 valence electrons. The number of fused-ring (bicyclic) bond motifs is 3. The lowest BCUT2D eigenvalue weighted by Gasteiger charge is -1.93. The first-order chi connectivity index (χ1) is 6.88. The molecule has 0 bridgehead atoms. The number of aryl methyl sites for hydroxylation is 1. The zero-order valence-corrected chi connectivity index (χ0v) is 7.68. The first-order valence-corrected chi connectivity index (χ1v) is 4.37. The van der Waals surface area contributed by atoms with Crippen LogP contribution in [0.25, 0.3) is 22.1 Å². The van der Waals surface area contributed by atoms with Gasteiger partial charge in [0.2, 0.25) is 0 Å². The highest BCUT2D eigenvalue weighted by molar-refractivity contribution is 6.04. The molecule has 0 aromatic carbocycles. The van der Waals surface area contributed by atoms with E-state index in [9.17, 15) is 0 Å². The first kappa shape index (κ1) is 7.44. The third kappa shape index (κ3) is 0.797. The molecule has 0 saturated heterocycles. The van der Waals surface area contributed by atoms with Crippen LogP contribution in [-0.2, 0) is 7.05 Å². The first-order valence-electron chi connectivity index (χ1n) is 4.37. The zero-order valence-electron chi connectivity index (χ0n) is 7.68. The van der Waals surface area contributed by atoms with E-state index in [0.717, 1.165) is 22.1 Å². The molecule has 3 rings (SSSR count). The van der Waals surface area contributed by atoms with Gasteiger partial charge in [-0.15, -0.1) is 0 Å². The Balaban J connectivity index is 2.69. The summed E-state index contributed by atoms with van der Waals surface area (Å²) in [5, 5.41) is 2.16. The quantitative estimate of drug-likeness (QED) is 0.532. The van der Waals surface area contributed by atoms with E-state index in [1.54, 1.807) is 12.5 Å². The molecule has 0 radical (unpaired) electrons. The molecule has 0 saturated carbocycles. The van der Waals surface area contributed by atoms with Crippen molar-refractivity contribution >= 4 is 22.1 Å². The van der Waals surface area contributed by atoms with Crippen molar-refractivity contribution in [3.05, 3.63) is 30.9 Å². The maximum absolute atomic E-state index is 4.31. The minimum Gasteiger partial charge on any atom is -0.313 e. The van der Waals surface area contributed by atoms with E-state index in [-0.39, 0.29) is 0 Å². The van der Waals surface area contributed by atoms with E-state index >= 15 is 0 Å². The van der Waals surface area contributed by atoms with Gasteiger partial charge in [0.1, 0.15) is 17.6 Å². The maximum atomic E-state index is 4.31. The molecular formula is C10H8N4. The van der Waals surface area contributed by atoms with E-state index in [1.165, 1.54) is 0 Å². The molecule has 0 spiro atoms. The molecule has 3 heterocycles. The summed E-state index contributed by atoms with van der Waals surface area (Å²) in [6.45, 7) is 0. The Bertz CT molecular complexity index is 558. The minimum absolute atomic E-state index is 0.925. The smallest absolute Gasteiger partial charge is 0.145 e. The predicted molar refractivity (Wildman–Crippen MR) is 53.8 cm³/mol. The summed E-state index contributed by atoms with van der Waals surface area (Å²) < 4.78 is 1.98. The molecule has 4 heteroatoms. The van der Waals surface area contributed by atoms with Crippen LogP contribution in [0.4, 0.5) is 0 Å². The molecule has 3 aromatic rings. The molecule has 0 fully saturated rings. The van der Waals surface area contributed by atoms with E-state index in [1.807, 2.05) is 29.9 Å². The van der Waals surface area contributed by atoms with Gasteiger partial charge >= 0.3 is 0 Å². The van der Waals surface area contributed by atoms with Gasteiger partial charge in [0.05, 0.1) is 0 Å². The molecule has 0 aliphatic rings. The normalized spacial score (nSPS) is 11.2. The number of aromatic nitrogens is 4. The lowest BCUT2D eigenvalue weighted by Crippen LogP contribution is -1.90. The summed E-state index contributed by atoms with van der Waals surface area (Å²) >= 11 is 0. The Kier molecular flexibility index (Phi) is 1.33. The van der Waals surface area contributed by atoms with E-state index in [4.69, 9.17) is 0 Å². The molecule has 0 amide bonds. The third-order valence-corrected chi connectivity index (χ3v) is 2.40. The van der Waals surface area contributed by atoms with E-state index in [2.05, 4.69) is 15.0 Å². The molecule has 0 N–H and O–H groups in total. The Morgan fingerprint density at radius 1 is 1.14 bits per heavy atom. The van der Waals surface area contributed by atoms with E-state index < -0.39 is 0 Å². The number of hydrogen-bond donors (Lipinski definition) is 0. The van der Waals surface area contributed by atoms with Crippen molar-refractivity contribution in [3.8, 4) is 0 Å². The molecule has 14 heavy (non-hydrogen) atoms. The van der Waals surface area contributed by atoms with Crippen LogP contribution in [-0.4, -0.2) is 19.5 Å². The van der Waals surface area contributed by atoms with Crippen molar-refractivity contribution in [2.75, 3.05) is 0 Å². The van der Waals surface area contributed by atoms with Gasteiger partial charge in [-0.2, -0.15) is 0 Å². The number of nitrogens with zero attached hydrogens (tertiary/aromatic N) is 4. The highest BCUT2D eigenvalue weighted by atomic mass is 15.1. The fourth-order valence-electron chi connectivity index (χ4n) is 1.76. The van der Waals surface area contributed by atoms with Gasteiger partial charge in [-0.25, -0.2) is 15.0 Å². The second kappa shape index (κ2) is 2.51. The van der Waals surface area contributed by atoms with Gasteiger partial charge in [-0.05, 0) is 12.1 Å². The van der Waals surface area contributed by atoms with Gasteiger partial charge in [0, 0.05) is 30.2 Å². The second-order valence-electron chi connectivity index (χ2n) is 3.19. The summed E-state index contributed by atoms with van der Waals surface area (Å²) in [6, 6.07) is 3.96. The maximum Gasteiger partial charge on any atom is 0.145 e. The zero-order chi connectivity index (χ0) is 9.54. The van der Waals surface area contributed by atoms with Gasteiger partial charge in [-0.1, -0.05) is 0 Å². The van der Waals surface area contributed by atoms with Crippen LogP contribution in [0.3, 0.4) is 0 Å². The van der Waals surface area contributed by atoms with Gasteiger partial charge in [0.15, 0.2) is 0 Å². The van der Waals surface area contributed by atoms with Crippen LogP contribution in [0, 0.1) is 0 Å². The number of hydrogen-bond acceptors (Lipinski definition) is 3. The Morgan fingerprint density at radius 3 is 2.93 bits per heavy atom. The van der Waals surface area contributed by atoms with Gasteiger partial charge < -0.3 is 4.57 Å². The summed E-state index contributed by atoms with van der Waals surface area (Å²) in [5.74, 6) is 0. The lowest BCUT2D eigenvalue weighted by molar-refractivity contribution is 0.962. The second-order valence-corrected chi connectivity index (χ2v) is 3.19. The average molecular weight is 184 g/mol. The highest BCUT2D eigenvalue weighted by Gasteiger charge is 2.08. The van der Waals surface area contributed by atoms with Crippen molar-refractivity contribution in [2.24, 2.45) is 7.05 Å². The number of pyridine rings is 1. The van der Waals surface area contributed by atoms with E-state index in [0.29, 0.717) is 0 Å². The summed E-state index contributed by atoms with van der Waals surface area (Å²) in [4.78, 5) is 12.6. The van der Waals surface area contributed by atoms with Crippen LogP contribution in [0.5, 0.6) is 0 Å². The van der Waals surface area contributed by atoms with Crippen LogP contribution in [0.15, 0.2) is 30.9 Å². The standard InChI is InChI=1S/C10H8N4/c1-14-9-7(3-2-4-12-9)8-5-11-6-13-10(8)14/h2-6H,1H3. The van der Waals surface area contributed by atoms with Gasteiger partial charge in [-0.3, -0.25) is 0 Å². The third-order valence-electron chi connectivity index (χ3n) is 2.40. The van der Waals surface area contributed by atoms with Crippen molar-refractivity contribution < 1.29 is 0 Å². The largest absolute Gasteiger partial charge is 0.313 e. The summed E-state index contributed by atoms with van der Waals surface area (Å²) in [7, 11) is 1.96. The molecular weight excluding hydrogens is 176 g/mol. The van der Waals surface area contributed by atoms with Crippen molar-refractivity contribution in [1.82, 2.24) is 19.5 Å². The Labute approximate surface area is 80.2 Å². The summed E-state index contributed by atoms with van der Waals surface area (Å²) in [6.07, 6.45) is 5.17. The molecule has 0 aliphatic carbocycles. The van der Waals surface area contributed by atoms with Crippen LogP contribution in [0.1, 0.15) is 0 Å².